The summed E-state index contributed by atoms with van der Waals surface area (Å²) >= 11 is 0. The summed E-state index contributed by atoms with van der Waals surface area (Å²) in [6.07, 6.45) is 32.5. The Morgan fingerprint density at radius 3 is 1.93 bits per heavy atom. The fraction of sp³-hybridized carbons (Fsp3) is 0.595. The highest BCUT2D eigenvalue weighted by Crippen LogP contribution is 2.09. The van der Waals surface area contributed by atoms with E-state index in [-0.39, 0.29) is 49.5 Å². The normalized spacial score (nSPS) is 14.1. The van der Waals surface area contributed by atoms with E-state index in [4.69, 9.17) is 14.2 Å². The maximum absolute atomic E-state index is 12.5. The quantitative estimate of drug-likeness (QED) is 0.0344. The van der Waals surface area contributed by atoms with E-state index in [9.17, 15) is 19.5 Å². The van der Waals surface area contributed by atoms with Crippen LogP contribution in [0.5, 0.6) is 0 Å². The molecule has 0 aromatic rings. The van der Waals surface area contributed by atoms with Gasteiger partial charge in [0, 0.05) is 19.3 Å². The molecule has 254 valence electrons. The third kappa shape index (κ3) is 26.9. The number of unbranched alkanes of at least 4 members (excludes halogenated alkanes) is 5. The number of carboxylic acid groups (broad SMARTS) is 1. The van der Waals surface area contributed by atoms with Gasteiger partial charge >= 0.3 is 11.9 Å². The van der Waals surface area contributed by atoms with Crippen LogP contribution in [0, 0.1) is 0 Å². The zero-order valence-electron chi connectivity index (χ0n) is 28.5. The molecule has 0 bridgehead atoms. The highest BCUT2D eigenvalue weighted by Gasteiger charge is 2.25. The van der Waals surface area contributed by atoms with E-state index < -0.39 is 24.1 Å². The van der Waals surface area contributed by atoms with Crippen LogP contribution in [0.2, 0.25) is 0 Å². The Balaban J connectivity index is 4.67. The predicted molar refractivity (Wildman–Crippen MR) is 180 cm³/mol. The van der Waals surface area contributed by atoms with Crippen molar-refractivity contribution in [3.63, 3.8) is 0 Å². The third-order valence-electron chi connectivity index (χ3n) is 6.72. The van der Waals surface area contributed by atoms with Crippen LogP contribution >= 0.6 is 0 Å². The number of carboxylic acids is 1. The average Bonchev–Trinajstić information content (AvgIpc) is 2.98. The number of allylic oxidation sites excluding steroid dienone is 12. The molecule has 0 aliphatic carbocycles. The number of likely N-dealkylation sites (N-methyl/N-ethyl adjacent to an activating group) is 1. The van der Waals surface area contributed by atoms with Crippen molar-refractivity contribution >= 4 is 17.9 Å². The number of nitrogens with zero attached hydrogens (tertiary/aromatic N) is 1. The summed E-state index contributed by atoms with van der Waals surface area (Å²) in [5.74, 6) is -1.92. The summed E-state index contributed by atoms with van der Waals surface area (Å²) in [6.45, 7) is 4.29. The largest absolute Gasteiger partial charge is 0.544 e. The van der Waals surface area contributed by atoms with Gasteiger partial charge in [0.1, 0.15) is 12.6 Å². The van der Waals surface area contributed by atoms with E-state index >= 15 is 0 Å². The van der Waals surface area contributed by atoms with Gasteiger partial charge in [-0.25, -0.2) is 0 Å². The van der Waals surface area contributed by atoms with Crippen molar-refractivity contribution in [3.05, 3.63) is 72.9 Å². The summed E-state index contributed by atoms with van der Waals surface area (Å²) in [5.41, 5.74) is 0. The van der Waals surface area contributed by atoms with Crippen molar-refractivity contribution in [2.45, 2.75) is 103 Å². The Hall–Kier alpha value is -3.23. The van der Waals surface area contributed by atoms with Gasteiger partial charge in [-0.15, -0.1) is 0 Å². The van der Waals surface area contributed by atoms with Crippen molar-refractivity contribution in [2.75, 3.05) is 41.0 Å². The van der Waals surface area contributed by atoms with Crippen molar-refractivity contribution in [1.29, 1.82) is 0 Å². The monoisotopic (exact) mass is 629 g/mol. The number of carbonyl (C=O) groups excluding carboxylic acids is 3. The molecule has 8 nitrogen and oxygen atoms in total. The van der Waals surface area contributed by atoms with Crippen molar-refractivity contribution in [1.82, 2.24) is 0 Å². The molecule has 45 heavy (non-hydrogen) atoms. The number of esters is 2. The molecule has 0 aliphatic rings. The number of quaternary nitrogens is 1. The summed E-state index contributed by atoms with van der Waals surface area (Å²) < 4.78 is 16.8. The molecular formula is C37H59NO7. The summed E-state index contributed by atoms with van der Waals surface area (Å²) in [7, 11) is 5.34. The summed E-state index contributed by atoms with van der Waals surface area (Å²) in [6, 6.07) is -0.742. The van der Waals surface area contributed by atoms with Crippen LogP contribution in [0.15, 0.2) is 72.9 Å². The van der Waals surface area contributed by atoms with Crippen LogP contribution in [0.4, 0.5) is 0 Å². The van der Waals surface area contributed by atoms with Gasteiger partial charge in [0.05, 0.1) is 40.3 Å². The van der Waals surface area contributed by atoms with E-state index in [1.807, 2.05) is 60.8 Å². The molecule has 0 saturated carbocycles. The Morgan fingerprint density at radius 1 is 0.689 bits per heavy atom. The van der Waals surface area contributed by atoms with Crippen LogP contribution in [0.25, 0.3) is 0 Å². The molecule has 0 rings (SSSR count). The van der Waals surface area contributed by atoms with Gasteiger partial charge in [-0.2, -0.15) is 0 Å². The first-order chi connectivity index (χ1) is 21.6. The average molecular weight is 630 g/mol. The van der Waals surface area contributed by atoms with Crippen LogP contribution < -0.4 is 5.11 Å². The Kier molecular flexibility index (Phi) is 26.2. The topological polar surface area (TPSA) is 102 Å². The molecule has 8 heteroatoms. The Bertz CT molecular complexity index is 970. The van der Waals surface area contributed by atoms with Crippen molar-refractivity contribution < 1.29 is 38.2 Å². The van der Waals surface area contributed by atoms with Gasteiger partial charge in [0.25, 0.3) is 0 Å². The highest BCUT2D eigenvalue weighted by molar-refractivity contribution is 5.70. The maximum atomic E-state index is 12.5. The van der Waals surface area contributed by atoms with E-state index in [1.165, 1.54) is 19.3 Å². The molecule has 0 spiro atoms. The lowest BCUT2D eigenvalue weighted by Crippen LogP contribution is -2.55. The number of rotatable bonds is 27. The van der Waals surface area contributed by atoms with Crippen molar-refractivity contribution in [3.8, 4) is 0 Å². The highest BCUT2D eigenvalue weighted by atomic mass is 16.6. The second-order valence-corrected chi connectivity index (χ2v) is 11.8. The summed E-state index contributed by atoms with van der Waals surface area (Å²) in [4.78, 5) is 36.3. The third-order valence-corrected chi connectivity index (χ3v) is 6.72. The van der Waals surface area contributed by atoms with Crippen LogP contribution in [-0.4, -0.2) is 75.5 Å². The molecule has 2 unspecified atom stereocenters. The first-order valence-corrected chi connectivity index (χ1v) is 16.5. The van der Waals surface area contributed by atoms with Crippen LogP contribution in [0.1, 0.15) is 90.9 Å². The maximum Gasteiger partial charge on any atom is 0.306 e. The van der Waals surface area contributed by atoms with E-state index in [0.29, 0.717) is 12.8 Å². The molecule has 0 radical (unpaired) electrons. The fourth-order valence-corrected chi connectivity index (χ4v) is 4.11. The minimum Gasteiger partial charge on any atom is -0.544 e. The van der Waals surface area contributed by atoms with E-state index in [2.05, 4.69) is 26.0 Å². The molecule has 0 fully saturated rings. The van der Waals surface area contributed by atoms with Gasteiger partial charge in [0.15, 0.2) is 6.10 Å². The molecule has 0 aromatic heterocycles. The number of hydrogen-bond donors (Lipinski definition) is 0. The molecular weight excluding hydrogens is 570 g/mol. The Morgan fingerprint density at radius 2 is 1.31 bits per heavy atom. The molecule has 0 saturated heterocycles. The van der Waals surface area contributed by atoms with Crippen molar-refractivity contribution in [2.24, 2.45) is 0 Å². The number of aliphatic carboxylic acids is 1. The Labute approximate surface area is 272 Å². The molecule has 2 atom stereocenters. The predicted octanol–water partition coefficient (Wildman–Crippen LogP) is 6.34. The van der Waals surface area contributed by atoms with E-state index in [0.717, 1.165) is 25.7 Å². The number of carbonyl (C=O) groups is 3. The first-order valence-electron chi connectivity index (χ1n) is 16.5. The van der Waals surface area contributed by atoms with Gasteiger partial charge in [0.2, 0.25) is 0 Å². The summed E-state index contributed by atoms with van der Waals surface area (Å²) in [5, 5.41) is 11.5. The molecule has 0 heterocycles. The minimum absolute atomic E-state index is 0.00203. The first kappa shape index (κ1) is 41.8. The van der Waals surface area contributed by atoms with Gasteiger partial charge in [-0.1, -0.05) is 106 Å². The second kappa shape index (κ2) is 28.3. The van der Waals surface area contributed by atoms with E-state index in [1.54, 1.807) is 21.1 Å². The lowest BCUT2D eigenvalue weighted by molar-refractivity contribution is -0.889. The zero-order valence-corrected chi connectivity index (χ0v) is 28.5. The minimum atomic E-state index is -1.15. The SMILES string of the molecule is CC/C=C/C=C/C=C/C=C/C=C/CCCC(=O)OCC(COCCC(C(=O)[O-])[N+](C)(C)C)OC(=O)CC/C=C/CCCCCC. The standard InChI is InChI=1S/C37H59NO7/c1-6-8-10-12-14-16-17-18-19-20-22-23-25-27-35(39)44-32-33(31-43-30-29-34(37(41)42)38(3,4)5)45-36(40)28-26-24-21-15-13-11-9-7-2/h8,10,12,14,16-22,24,33-34H,6-7,9,11,13,15,23,25-32H2,1-5H3/b10-8+,14-12+,17-16+,19-18+,22-20+,24-21+. The number of hydrogen-bond acceptors (Lipinski definition) is 7. The van der Waals surface area contributed by atoms with Gasteiger partial charge in [-0.3, -0.25) is 9.59 Å². The van der Waals surface area contributed by atoms with Gasteiger partial charge < -0.3 is 28.6 Å². The smallest absolute Gasteiger partial charge is 0.306 e. The van der Waals surface area contributed by atoms with Crippen LogP contribution in [0.3, 0.4) is 0 Å². The lowest BCUT2D eigenvalue weighted by atomic mass is 10.1. The zero-order chi connectivity index (χ0) is 33.6. The van der Waals surface area contributed by atoms with Gasteiger partial charge in [-0.05, 0) is 38.5 Å². The molecule has 0 aliphatic heterocycles. The molecule has 0 amide bonds. The van der Waals surface area contributed by atoms with Crippen LogP contribution in [-0.2, 0) is 28.6 Å². The lowest BCUT2D eigenvalue weighted by Gasteiger charge is -2.34. The second-order valence-electron chi connectivity index (χ2n) is 11.8. The molecule has 0 aromatic carbocycles. The molecule has 0 N–H and O–H groups in total. The number of ether oxygens (including phenoxy) is 3. The fourth-order valence-electron chi connectivity index (χ4n) is 4.11.